The number of benzene rings is 2. The number of methoxy groups -OCH3 is 1. The van der Waals surface area contributed by atoms with Crippen LogP contribution in [0.15, 0.2) is 53.3 Å². The largest absolute Gasteiger partial charge is 0.497 e. The molecule has 234 valence electrons. The Morgan fingerprint density at radius 1 is 1.05 bits per heavy atom. The van der Waals surface area contributed by atoms with Crippen molar-refractivity contribution in [2.75, 3.05) is 25.6 Å². The molecule has 44 heavy (non-hydrogen) atoms. The maximum Gasteiger partial charge on any atom is 0.420 e. The van der Waals surface area contributed by atoms with Crippen LogP contribution in [-0.4, -0.2) is 52.3 Å². The SMILES string of the molecule is COc1cc(F)c(-c2c(NC(=O)c3ccc(OC(F)F)cc3)c(=O)n(-c3nc(OCCO)ccc3C(F)(F)F)n2C)c(F)c1. The molecule has 2 aromatic carbocycles. The molecule has 2 N–H and O–H groups in total. The summed E-state index contributed by atoms with van der Waals surface area (Å²) in [5, 5.41) is 11.2. The number of halogens is 7. The summed E-state index contributed by atoms with van der Waals surface area (Å²) in [7, 11) is 2.12. The third-order valence-corrected chi connectivity index (χ3v) is 6.03. The van der Waals surface area contributed by atoms with Crippen molar-refractivity contribution in [3.63, 3.8) is 0 Å². The molecule has 0 aliphatic rings. The van der Waals surface area contributed by atoms with E-state index in [-0.39, 0.29) is 23.7 Å². The minimum absolute atomic E-state index is 0.239. The lowest BCUT2D eigenvalue weighted by Crippen LogP contribution is -2.26. The van der Waals surface area contributed by atoms with Crippen molar-refractivity contribution in [2.24, 2.45) is 7.05 Å². The minimum Gasteiger partial charge on any atom is -0.497 e. The van der Waals surface area contributed by atoms with E-state index in [0.29, 0.717) is 15.4 Å². The predicted molar refractivity (Wildman–Crippen MR) is 139 cm³/mol. The van der Waals surface area contributed by atoms with Gasteiger partial charge in [-0.3, -0.25) is 14.3 Å². The highest BCUT2D eigenvalue weighted by atomic mass is 19.4. The zero-order valence-electron chi connectivity index (χ0n) is 22.6. The second kappa shape index (κ2) is 12.7. The number of aliphatic hydroxyl groups is 1. The Morgan fingerprint density at radius 3 is 2.23 bits per heavy atom. The van der Waals surface area contributed by atoms with Crippen molar-refractivity contribution in [3.8, 4) is 34.5 Å². The fourth-order valence-corrected chi connectivity index (χ4v) is 4.15. The van der Waals surface area contributed by atoms with Crippen LogP contribution in [0.3, 0.4) is 0 Å². The molecule has 2 aromatic heterocycles. The molecule has 0 radical (unpaired) electrons. The summed E-state index contributed by atoms with van der Waals surface area (Å²) in [6.07, 6.45) is -5.09. The van der Waals surface area contributed by atoms with Gasteiger partial charge in [0, 0.05) is 30.8 Å². The van der Waals surface area contributed by atoms with E-state index in [9.17, 15) is 31.5 Å². The van der Waals surface area contributed by atoms with E-state index in [2.05, 4.69) is 15.0 Å². The lowest BCUT2D eigenvalue weighted by atomic mass is 10.1. The summed E-state index contributed by atoms with van der Waals surface area (Å²) in [6, 6.07) is 6.96. The molecule has 0 saturated heterocycles. The van der Waals surface area contributed by atoms with E-state index >= 15 is 8.78 Å². The lowest BCUT2D eigenvalue weighted by molar-refractivity contribution is -0.137. The summed E-state index contributed by atoms with van der Waals surface area (Å²) < 4.78 is 113. The standard InChI is InChI=1S/C27H21F7N4O6/c1-37-22(20-17(28)11-15(42-2)12-18(20)29)21(36-24(40)13-3-5-14(6-4-13)44-26(30)31)25(41)38(37)23-16(27(32,33)34)7-8-19(35-23)43-10-9-39/h3-8,11-12,26,39H,9-10H2,1-2H3,(H,36,40). The second-order valence-electron chi connectivity index (χ2n) is 8.78. The van der Waals surface area contributed by atoms with E-state index in [0.717, 1.165) is 56.6 Å². The molecular formula is C27H21F7N4O6. The Balaban J connectivity index is 1.96. The number of rotatable bonds is 10. The average Bonchev–Trinajstić information content (AvgIpc) is 3.19. The van der Waals surface area contributed by atoms with E-state index in [4.69, 9.17) is 14.6 Å². The first-order valence-corrected chi connectivity index (χ1v) is 12.3. The van der Waals surface area contributed by atoms with Crippen LogP contribution < -0.4 is 25.1 Å². The number of alkyl halides is 5. The van der Waals surface area contributed by atoms with Crippen LogP contribution in [0.4, 0.5) is 36.4 Å². The highest BCUT2D eigenvalue weighted by Crippen LogP contribution is 2.37. The summed E-state index contributed by atoms with van der Waals surface area (Å²) in [6.45, 7) is -4.04. The van der Waals surface area contributed by atoms with Crippen LogP contribution >= 0.6 is 0 Å². The molecule has 0 spiro atoms. The highest BCUT2D eigenvalue weighted by Gasteiger charge is 2.38. The van der Waals surface area contributed by atoms with Crippen LogP contribution in [0.2, 0.25) is 0 Å². The summed E-state index contributed by atoms with van der Waals surface area (Å²) in [4.78, 5) is 30.6. The lowest BCUT2D eigenvalue weighted by Gasteiger charge is -2.16. The van der Waals surface area contributed by atoms with Crippen molar-refractivity contribution in [1.29, 1.82) is 0 Å². The average molecular weight is 630 g/mol. The molecular weight excluding hydrogens is 609 g/mol. The number of amides is 1. The first-order valence-electron chi connectivity index (χ1n) is 12.3. The number of carbonyl (C=O) groups excluding carboxylic acids is 1. The normalized spacial score (nSPS) is 11.5. The van der Waals surface area contributed by atoms with Gasteiger partial charge in [0.2, 0.25) is 5.88 Å². The number of hydrogen-bond acceptors (Lipinski definition) is 7. The topological polar surface area (TPSA) is 117 Å². The predicted octanol–water partition coefficient (Wildman–Crippen LogP) is 4.77. The van der Waals surface area contributed by atoms with Gasteiger partial charge in [-0.1, -0.05) is 0 Å². The molecule has 4 aromatic rings. The Hall–Kier alpha value is -5.06. The van der Waals surface area contributed by atoms with Crippen molar-refractivity contribution in [1.82, 2.24) is 14.3 Å². The zero-order valence-corrected chi connectivity index (χ0v) is 22.6. The number of aliphatic hydroxyl groups excluding tert-OH is 1. The number of nitrogens with zero attached hydrogens (tertiary/aromatic N) is 3. The molecule has 0 aliphatic carbocycles. The molecule has 4 rings (SSSR count). The molecule has 0 saturated carbocycles. The van der Waals surface area contributed by atoms with E-state index < -0.39 is 76.7 Å². The Bertz CT molecular complexity index is 1710. The molecule has 0 unspecified atom stereocenters. The number of nitrogens with one attached hydrogen (secondary N) is 1. The number of anilines is 1. The van der Waals surface area contributed by atoms with Gasteiger partial charge in [0.15, 0.2) is 5.82 Å². The molecule has 17 heteroatoms. The fraction of sp³-hybridized carbons (Fsp3) is 0.222. The third kappa shape index (κ3) is 6.46. The monoisotopic (exact) mass is 630 g/mol. The molecule has 10 nitrogen and oxygen atoms in total. The molecule has 1 amide bonds. The smallest absolute Gasteiger partial charge is 0.420 e. The molecule has 0 atom stereocenters. The quantitative estimate of drug-likeness (QED) is 0.243. The minimum atomic E-state index is -5.09. The van der Waals surface area contributed by atoms with Crippen LogP contribution in [0.25, 0.3) is 17.1 Å². The van der Waals surface area contributed by atoms with Crippen molar-refractivity contribution >= 4 is 11.6 Å². The van der Waals surface area contributed by atoms with Crippen LogP contribution in [0, 0.1) is 11.6 Å². The van der Waals surface area contributed by atoms with Gasteiger partial charge in [-0.2, -0.15) is 31.6 Å². The summed E-state index contributed by atoms with van der Waals surface area (Å²) >= 11 is 0. The van der Waals surface area contributed by atoms with Crippen LogP contribution in [-0.2, 0) is 13.2 Å². The first kappa shape index (κ1) is 31.9. The van der Waals surface area contributed by atoms with Gasteiger partial charge in [-0.25, -0.2) is 8.78 Å². The second-order valence-corrected chi connectivity index (χ2v) is 8.78. The van der Waals surface area contributed by atoms with Gasteiger partial charge in [-0.15, -0.1) is 0 Å². The van der Waals surface area contributed by atoms with Crippen LogP contribution in [0.5, 0.6) is 17.4 Å². The summed E-state index contributed by atoms with van der Waals surface area (Å²) in [5.74, 6) is -5.79. The number of ether oxygens (including phenoxy) is 3. The van der Waals surface area contributed by atoms with E-state index in [1.807, 2.05) is 0 Å². The van der Waals surface area contributed by atoms with E-state index in [1.165, 1.54) is 0 Å². The van der Waals surface area contributed by atoms with Crippen molar-refractivity contribution < 1.29 is 54.8 Å². The maximum atomic E-state index is 15.3. The number of aromatic nitrogens is 3. The number of carbonyl (C=O) groups is 1. The van der Waals surface area contributed by atoms with Crippen molar-refractivity contribution in [2.45, 2.75) is 12.8 Å². The van der Waals surface area contributed by atoms with Gasteiger partial charge in [-0.05, 0) is 30.3 Å². The molecule has 0 aliphatic heterocycles. The van der Waals surface area contributed by atoms with Gasteiger partial charge in [0.1, 0.15) is 46.7 Å². The zero-order chi connectivity index (χ0) is 32.3. The third-order valence-electron chi connectivity index (χ3n) is 6.03. The molecule has 0 fully saturated rings. The van der Waals surface area contributed by atoms with Gasteiger partial charge >= 0.3 is 12.8 Å². The van der Waals surface area contributed by atoms with E-state index in [1.54, 1.807) is 0 Å². The van der Waals surface area contributed by atoms with Gasteiger partial charge in [0.25, 0.3) is 11.5 Å². The number of hydrogen-bond donors (Lipinski definition) is 2. The molecule has 0 bridgehead atoms. The molecule has 2 heterocycles. The number of pyridine rings is 1. The maximum absolute atomic E-state index is 15.3. The van der Waals surface area contributed by atoms with Gasteiger partial charge in [0.05, 0.1) is 19.3 Å². The first-order chi connectivity index (χ1) is 20.8. The fourth-order valence-electron chi connectivity index (χ4n) is 4.15. The van der Waals surface area contributed by atoms with Gasteiger partial charge < -0.3 is 24.6 Å². The Kier molecular flexibility index (Phi) is 9.17. The Morgan fingerprint density at radius 2 is 1.68 bits per heavy atom. The van der Waals surface area contributed by atoms with Crippen LogP contribution in [0.1, 0.15) is 15.9 Å². The summed E-state index contributed by atoms with van der Waals surface area (Å²) in [5.41, 5.74) is -5.55. The highest BCUT2D eigenvalue weighted by molar-refractivity contribution is 6.06. The Labute approximate surface area is 242 Å². The van der Waals surface area contributed by atoms with Crippen molar-refractivity contribution in [3.05, 3.63) is 81.6 Å².